The number of hydrogen-bond donors (Lipinski definition) is 3. The summed E-state index contributed by atoms with van der Waals surface area (Å²) in [5.41, 5.74) is -0.668. The number of carbonyl (C=O) groups is 6. The summed E-state index contributed by atoms with van der Waals surface area (Å²) in [6.07, 6.45) is 12.1. The molecule has 34 heteroatoms. The summed E-state index contributed by atoms with van der Waals surface area (Å²) in [6, 6.07) is 15.1. The van der Waals surface area contributed by atoms with E-state index in [1.54, 1.807) is 71.2 Å². The van der Waals surface area contributed by atoms with Gasteiger partial charge >= 0.3 is 18.3 Å². The molecule has 132 heavy (non-hydrogen) atoms. The fourth-order valence-corrected chi connectivity index (χ4v) is 20.2. The van der Waals surface area contributed by atoms with Crippen molar-refractivity contribution >= 4 is 87.6 Å². The number of halogens is 4. The topological polar surface area (TPSA) is 321 Å². The Bertz CT molecular complexity index is 5200. The molecule has 2 unspecified atom stereocenters. The van der Waals surface area contributed by atoms with Crippen molar-refractivity contribution in [2.24, 2.45) is 63.6 Å². The molecule has 4 saturated carbocycles. The van der Waals surface area contributed by atoms with Crippen LogP contribution in [0.25, 0.3) is 32.7 Å². The number of aromatic nitrogens is 3. The van der Waals surface area contributed by atoms with Gasteiger partial charge in [0.2, 0.25) is 35.4 Å². The fraction of sp³-hybridized carbons (Fsp3) is 0.633. The number of amides is 6. The molecule has 3 aromatic heterocycles. The van der Waals surface area contributed by atoms with Gasteiger partial charge in [-0.15, -0.1) is 0 Å². The molecule has 3 aromatic carbocycles. The average Bonchev–Trinajstić information content (AvgIpc) is 1.57. The Kier molecular flexibility index (Phi) is 33.0. The van der Waals surface area contributed by atoms with E-state index >= 15 is 17.6 Å². The smallest absolute Gasteiger partial charge is 0.408 e. The van der Waals surface area contributed by atoms with Gasteiger partial charge in [-0.25, -0.2) is 65.8 Å². The van der Waals surface area contributed by atoms with Crippen LogP contribution in [-0.4, -0.2) is 198 Å². The van der Waals surface area contributed by atoms with E-state index in [9.17, 15) is 43.2 Å². The van der Waals surface area contributed by atoms with Crippen molar-refractivity contribution in [2.75, 3.05) is 41.0 Å². The number of methoxy groups -OCH3 is 3. The zero-order valence-electron chi connectivity index (χ0n) is 78.1. The molecule has 7 fully saturated rings. The van der Waals surface area contributed by atoms with Crippen molar-refractivity contribution < 1.29 is 159 Å². The Hall–Kier alpha value is -8.61. The van der Waals surface area contributed by atoms with E-state index in [0.717, 1.165) is 55.0 Å². The third-order valence-corrected chi connectivity index (χ3v) is 28.2. The number of carbonyl (C=O) groups excluding carboxylic acids is 9. The van der Waals surface area contributed by atoms with Crippen LogP contribution in [0.1, 0.15) is 216 Å². The second-order valence-electron chi connectivity index (χ2n) is 40.6. The molecule has 20 atom stereocenters. The Labute approximate surface area is 805 Å². The molecule has 27 nitrogen and oxygen atoms in total. The van der Waals surface area contributed by atoms with Crippen LogP contribution in [0.15, 0.2) is 72.8 Å². The first-order valence-corrected chi connectivity index (χ1v) is 45.8. The van der Waals surface area contributed by atoms with E-state index < -0.39 is 143 Å². The van der Waals surface area contributed by atoms with E-state index in [0.29, 0.717) is 108 Å². The molecule has 715 valence electrons. The molecule has 9 heterocycles. The van der Waals surface area contributed by atoms with E-state index in [4.69, 9.17) is 47.6 Å². The SMILES string of the molecule is CC[C@@H]1[C@@H]2CN(C(=O)[C@H](C(C)(C)C)NC(=O)O[C@@H]3C[C@H]3CCCCC(F)(F)c3cc4ccc(OC)cc4nc3O2)[C@@H]1[C-]=O.COc1ccc2cc3c(nc2c1)O[C@H]1CN(C(=O)[C@H](C(C)(C)C)NC(=O)O[C@@H]2C[C@H]2CCCCC3(F)F)[C@H]([C-]=O)[C@@H]1C.COc1ccc2cc3c(nc2c1)O[C@H]1CN(C(=O)[C@H](C(C)(C)C)NC(=O)O[C@]2(C)CC4CC4[C@H]2CCCCC3)[C@H]([C-]=O)[C@@H]1C.[V].[V].[V]. The molecular formula is C98H124F4N9O18V3-3. The van der Waals surface area contributed by atoms with Gasteiger partial charge in [-0.2, -0.15) is 0 Å². The average molecular weight is 1940 g/mol. The zero-order chi connectivity index (χ0) is 92.9. The fourth-order valence-electron chi connectivity index (χ4n) is 20.2. The first-order chi connectivity index (χ1) is 61.1. The van der Waals surface area contributed by atoms with Crippen LogP contribution in [0.4, 0.5) is 31.9 Å². The summed E-state index contributed by atoms with van der Waals surface area (Å²) in [5.74, 6) is -5.75. The van der Waals surface area contributed by atoms with E-state index in [1.165, 1.54) is 47.5 Å². The second-order valence-corrected chi connectivity index (χ2v) is 40.6. The normalized spacial score (nSPS) is 30.7. The predicted molar refractivity (Wildman–Crippen MR) is 471 cm³/mol. The van der Waals surface area contributed by atoms with Crippen LogP contribution < -0.4 is 44.4 Å². The molecule has 3 radical (unpaired) electrons. The summed E-state index contributed by atoms with van der Waals surface area (Å²) in [7, 11) is 4.64. The minimum Gasteiger partial charge on any atom is -0.540 e. The van der Waals surface area contributed by atoms with Gasteiger partial charge in [0.15, 0.2) is 0 Å². The maximum Gasteiger partial charge on any atom is 0.408 e. The molecule has 16 rings (SSSR count). The van der Waals surface area contributed by atoms with Crippen molar-refractivity contribution in [3.8, 4) is 34.9 Å². The molecule has 4 aliphatic carbocycles. The van der Waals surface area contributed by atoms with Gasteiger partial charge in [0.1, 0.15) is 71.5 Å². The van der Waals surface area contributed by atoms with Gasteiger partial charge in [0.25, 0.3) is 11.8 Å². The summed E-state index contributed by atoms with van der Waals surface area (Å²) in [5, 5.41) is 10.4. The molecule has 6 amide bonds. The van der Waals surface area contributed by atoms with Crippen LogP contribution in [0.2, 0.25) is 0 Å². The second kappa shape index (κ2) is 41.9. The van der Waals surface area contributed by atoms with Gasteiger partial charge in [0, 0.05) is 114 Å². The number of nitrogens with one attached hydrogen (secondary N) is 3. The first kappa shape index (κ1) is 104. The number of nitrogens with zero attached hydrogens (tertiary/aromatic N) is 6. The number of benzene rings is 3. The van der Waals surface area contributed by atoms with E-state index in [1.807, 2.05) is 86.2 Å². The van der Waals surface area contributed by atoms with Crippen molar-refractivity contribution in [1.82, 2.24) is 45.6 Å². The molecule has 6 aromatic rings. The van der Waals surface area contributed by atoms with Gasteiger partial charge in [-0.3, -0.25) is 14.4 Å². The van der Waals surface area contributed by atoms with Crippen molar-refractivity contribution in [1.29, 1.82) is 0 Å². The number of alkyl halides is 4. The zero-order valence-corrected chi connectivity index (χ0v) is 82.3. The number of hydrogen-bond acceptors (Lipinski definition) is 21. The van der Waals surface area contributed by atoms with Crippen LogP contribution in [0.3, 0.4) is 0 Å². The largest absolute Gasteiger partial charge is 0.540 e. The number of rotatable bonds is 7. The van der Waals surface area contributed by atoms with Crippen molar-refractivity contribution in [3.63, 3.8) is 0 Å². The summed E-state index contributed by atoms with van der Waals surface area (Å²) >= 11 is 0. The first-order valence-electron chi connectivity index (χ1n) is 45.8. The summed E-state index contributed by atoms with van der Waals surface area (Å²) in [6.45, 7) is 24.1. The maximum atomic E-state index is 15.9. The summed E-state index contributed by atoms with van der Waals surface area (Å²) < 4.78 is 116. The van der Waals surface area contributed by atoms with Crippen LogP contribution in [-0.2, 0) is 117 Å². The molecule has 3 saturated heterocycles. The molecule has 6 bridgehead atoms. The van der Waals surface area contributed by atoms with Crippen molar-refractivity contribution in [2.45, 2.75) is 290 Å². The summed E-state index contributed by atoms with van der Waals surface area (Å²) in [4.78, 5) is 136. The number of alkyl carbamates (subject to hydrolysis) is 3. The number of fused-ring (bicyclic) bond motifs is 17. The van der Waals surface area contributed by atoms with Gasteiger partial charge < -0.3 is 87.7 Å². The Morgan fingerprint density at radius 3 is 1.27 bits per heavy atom. The van der Waals surface area contributed by atoms with E-state index in [-0.39, 0.29) is 147 Å². The minimum atomic E-state index is -3.25. The number of ether oxygens (including phenoxy) is 9. The Morgan fingerprint density at radius 1 is 0.462 bits per heavy atom. The number of pyridine rings is 3. The van der Waals surface area contributed by atoms with Crippen molar-refractivity contribution in [3.05, 3.63) is 89.5 Å². The molecule has 10 aliphatic rings. The Balaban J connectivity index is 0.000000189. The Morgan fingerprint density at radius 2 is 0.848 bits per heavy atom. The quantitative estimate of drug-likeness (QED) is 0.0759. The molecular weight excluding hydrogens is 1820 g/mol. The van der Waals surface area contributed by atoms with Gasteiger partial charge in [-0.05, 0) is 190 Å². The monoisotopic (exact) mass is 1940 g/mol. The van der Waals surface area contributed by atoms with Gasteiger partial charge in [-0.1, -0.05) is 133 Å². The third-order valence-electron chi connectivity index (χ3n) is 28.2. The minimum absolute atomic E-state index is 0. The number of aryl methyl sites for hydroxylation is 1. The standard InChI is InChI=1S/C35H46N3O6.C32H40F2N3O6.C31H38F2N3O6.3V/c1-20-28(19-39)38-18-29(20)43-31-22(14-21-12-13-24(42-6)16-27(21)36-31)10-8-7-9-11-26-25-15-23(25)17-35(26,5)44-33(41)37-30(32(38)40)34(2,3)4;1-6-21-24(17-38)37-16-26(21)42-28-22(13-18-10-11-20(41-5)15-23(18)35-28)32(33,34)12-8-7-9-19-14-25(19)43-30(40)36-27(29(37)39)31(2,3)4;1-17-23(16-37)36-15-25(17)41-27-21(12-18-9-10-20(40-5)14-22(18)34-27)31(32,33)11-7-6-8-19-13-24(19)42-29(39)35-26(28(36)38)30(2,3)4;;;/h12-14,16,20,23,25-26,28-30H,7-11,15,17-18H2,1-6H3,(H,37,41);10-11,13,15,19,21,24-27H,6-9,12,14,16H2,1-5H3,(H,36,40);9-10,12,14,17,19,23-26H,6-8,11,13,15H2,1-5H3,(H,35,39);;;/q3*-1;;;/t20-,23?,25?,26+,28+,29-,30+,35+;19-,21+,24-,25-,26+,27-;17-,19+,23+,24+,25-,26+;;;/m010.../s1. The third kappa shape index (κ3) is 23.0. The maximum absolute atomic E-state index is 15.9. The molecule has 6 aliphatic heterocycles. The molecule has 3 N–H and O–H groups in total. The van der Waals surface area contributed by atoms with E-state index in [2.05, 4.69) is 45.2 Å². The predicted octanol–water partition coefficient (Wildman–Crippen LogP) is 16.3. The van der Waals surface area contributed by atoms with Crippen LogP contribution in [0.5, 0.6) is 34.9 Å². The molecule has 0 spiro atoms. The van der Waals surface area contributed by atoms with Gasteiger partial charge in [0.05, 0.1) is 68.6 Å². The van der Waals surface area contributed by atoms with Crippen LogP contribution >= 0.6 is 0 Å². The van der Waals surface area contributed by atoms with Crippen LogP contribution in [0, 0.1) is 63.6 Å².